The highest BCUT2D eigenvalue weighted by Crippen LogP contribution is 2.41. The zero-order chi connectivity index (χ0) is 17.2. The third kappa shape index (κ3) is 3.36. The van der Waals surface area contributed by atoms with Gasteiger partial charge in [0.1, 0.15) is 0 Å². The highest BCUT2D eigenvalue weighted by atomic mass is 32.2. The van der Waals surface area contributed by atoms with Gasteiger partial charge in [-0.25, -0.2) is 0 Å². The predicted octanol–water partition coefficient (Wildman–Crippen LogP) is 3.72. The average Bonchev–Trinajstić information content (AvgIpc) is 3.20. The molecule has 1 aromatic heterocycles. The van der Waals surface area contributed by atoms with Crippen molar-refractivity contribution in [3.63, 3.8) is 0 Å². The summed E-state index contributed by atoms with van der Waals surface area (Å²) >= 11 is 3.34. The Morgan fingerprint density at radius 3 is 2.88 bits per heavy atom. The van der Waals surface area contributed by atoms with Gasteiger partial charge in [-0.3, -0.25) is 9.59 Å². The summed E-state index contributed by atoms with van der Waals surface area (Å²) in [6.45, 7) is 7.26. The SMILES string of the molecule is CCCN1CCC[C@@]2(CCN(C(=O)c3ccc(SCC)s3)C2)C1=O. The van der Waals surface area contributed by atoms with Crippen molar-refractivity contribution >= 4 is 34.9 Å². The van der Waals surface area contributed by atoms with Gasteiger partial charge in [0.15, 0.2) is 0 Å². The summed E-state index contributed by atoms with van der Waals surface area (Å²) in [6.07, 6.45) is 3.80. The number of hydrogen-bond donors (Lipinski definition) is 0. The van der Waals surface area contributed by atoms with Gasteiger partial charge in [0.25, 0.3) is 5.91 Å². The normalized spacial score (nSPS) is 24.2. The van der Waals surface area contributed by atoms with Crippen LogP contribution in [0.15, 0.2) is 16.3 Å². The molecule has 2 aliphatic heterocycles. The van der Waals surface area contributed by atoms with Gasteiger partial charge in [-0.1, -0.05) is 13.8 Å². The van der Waals surface area contributed by atoms with Gasteiger partial charge in [-0.05, 0) is 43.6 Å². The van der Waals surface area contributed by atoms with E-state index >= 15 is 0 Å². The van der Waals surface area contributed by atoms with E-state index in [1.165, 1.54) is 4.21 Å². The molecule has 1 spiro atoms. The monoisotopic (exact) mass is 366 g/mol. The fourth-order valence-corrected chi connectivity index (χ4v) is 5.88. The number of piperidine rings is 1. The summed E-state index contributed by atoms with van der Waals surface area (Å²) in [5.41, 5.74) is -0.318. The topological polar surface area (TPSA) is 40.6 Å². The Morgan fingerprint density at radius 2 is 2.12 bits per heavy atom. The van der Waals surface area contributed by atoms with E-state index in [2.05, 4.69) is 13.8 Å². The number of rotatable bonds is 5. The molecule has 2 aliphatic rings. The highest BCUT2D eigenvalue weighted by molar-refractivity contribution is 8.01. The highest BCUT2D eigenvalue weighted by Gasteiger charge is 2.49. The van der Waals surface area contributed by atoms with Gasteiger partial charge in [-0.2, -0.15) is 0 Å². The first-order chi connectivity index (χ1) is 11.6. The zero-order valence-electron chi connectivity index (χ0n) is 14.5. The fourth-order valence-electron chi connectivity index (χ4n) is 3.87. The molecule has 0 saturated carbocycles. The van der Waals surface area contributed by atoms with Crippen LogP contribution < -0.4 is 0 Å². The molecule has 24 heavy (non-hydrogen) atoms. The summed E-state index contributed by atoms with van der Waals surface area (Å²) < 4.78 is 1.19. The molecule has 3 rings (SSSR count). The Morgan fingerprint density at radius 1 is 1.29 bits per heavy atom. The zero-order valence-corrected chi connectivity index (χ0v) is 16.2. The van der Waals surface area contributed by atoms with Gasteiger partial charge < -0.3 is 9.80 Å². The number of thiophene rings is 1. The first-order valence-corrected chi connectivity index (χ1v) is 10.7. The van der Waals surface area contributed by atoms with Crippen LogP contribution in [0.3, 0.4) is 0 Å². The summed E-state index contributed by atoms with van der Waals surface area (Å²) in [5, 5.41) is 0. The third-order valence-corrected chi connectivity index (χ3v) is 7.22. The molecule has 0 bridgehead atoms. The van der Waals surface area contributed by atoms with Crippen molar-refractivity contribution in [2.24, 2.45) is 5.41 Å². The van der Waals surface area contributed by atoms with E-state index in [0.29, 0.717) is 13.1 Å². The number of hydrogen-bond acceptors (Lipinski definition) is 4. The second kappa shape index (κ2) is 7.48. The maximum atomic E-state index is 12.9. The van der Waals surface area contributed by atoms with E-state index in [-0.39, 0.29) is 17.2 Å². The first-order valence-electron chi connectivity index (χ1n) is 8.91. The molecule has 0 radical (unpaired) electrons. The number of thioether (sulfide) groups is 1. The van der Waals surface area contributed by atoms with E-state index in [0.717, 1.165) is 49.4 Å². The molecule has 2 amide bonds. The van der Waals surface area contributed by atoms with Crippen LogP contribution in [-0.2, 0) is 4.79 Å². The minimum absolute atomic E-state index is 0.0974. The van der Waals surface area contributed by atoms with Gasteiger partial charge in [0, 0.05) is 26.2 Å². The van der Waals surface area contributed by atoms with Crippen LogP contribution in [-0.4, -0.2) is 53.5 Å². The largest absolute Gasteiger partial charge is 0.342 e. The smallest absolute Gasteiger partial charge is 0.263 e. The van der Waals surface area contributed by atoms with Gasteiger partial charge in [0.2, 0.25) is 5.91 Å². The molecule has 2 saturated heterocycles. The molecule has 1 aromatic rings. The number of amides is 2. The minimum Gasteiger partial charge on any atom is -0.342 e. The summed E-state index contributed by atoms with van der Waals surface area (Å²) in [4.78, 5) is 30.4. The molecular weight excluding hydrogens is 340 g/mol. The Labute approximate surface area is 152 Å². The average molecular weight is 367 g/mol. The van der Waals surface area contributed by atoms with Crippen LogP contribution in [0.4, 0.5) is 0 Å². The van der Waals surface area contributed by atoms with Crippen molar-refractivity contribution in [3.8, 4) is 0 Å². The fraction of sp³-hybridized carbons (Fsp3) is 0.667. The van der Waals surface area contributed by atoms with Crippen molar-refractivity contribution in [3.05, 3.63) is 17.0 Å². The lowest BCUT2D eigenvalue weighted by Gasteiger charge is -2.39. The van der Waals surface area contributed by atoms with E-state index in [9.17, 15) is 9.59 Å². The van der Waals surface area contributed by atoms with Crippen molar-refractivity contribution in [1.82, 2.24) is 9.80 Å². The van der Waals surface area contributed by atoms with Crippen LogP contribution in [0.1, 0.15) is 49.2 Å². The minimum atomic E-state index is -0.318. The van der Waals surface area contributed by atoms with Gasteiger partial charge in [0.05, 0.1) is 14.5 Å². The van der Waals surface area contributed by atoms with Crippen molar-refractivity contribution in [2.45, 2.75) is 43.7 Å². The van der Waals surface area contributed by atoms with Crippen LogP contribution in [0.25, 0.3) is 0 Å². The molecule has 3 heterocycles. The number of nitrogens with zero attached hydrogens (tertiary/aromatic N) is 2. The predicted molar refractivity (Wildman–Crippen MR) is 99.8 cm³/mol. The number of carbonyl (C=O) groups is 2. The summed E-state index contributed by atoms with van der Waals surface area (Å²) in [7, 11) is 0. The Kier molecular flexibility index (Phi) is 5.55. The van der Waals surface area contributed by atoms with Crippen LogP contribution in [0.2, 0.25) is 0 Å². The summed E-state index contributed by atoms with van der Waals surface area (Å²) in [6, 6.07) is 3.97. The molecule has 132 valence electrons. The molecule has 0 aromatic carbocycles. The van der Waals surface area contributed by atoms with Crippen LogP contribution in [0, 0.1) is 5.41 Å². The molecule has 1 atom stereocenters. The van der Waals surface area contributed by atoms with Crippen molar-refractivity contribution < 1.29 is 9.59 Å². The Hall–Kier alpha value is -1.01. The standard InChI is InChI=1S/C18H26N2O2S2/c1-3-10-19-11-5-8-18(17(19)22)9-12-20(13-18)16(21)14-6-7-15(24-14)23-4-2/h6-7H,3-5,8-13H2,1-2H3/t18-/m0/s1. The molecule has 0 N–H and O–H groups in total. The number of carbonyl (C=O) groups excluding carboxylic acids is 2. The number of likely N-dealkylation sites (tertiary alicyclic amines) is 2. The lowest BCUT2D eigenvalue weighted by molar-refractivity contribution is -0.145. The van der Waals surface area contributed by atoms with Crippen LogP contribution >= 0.6 is 23.1 Å². The third-order valence-electron chi connectivity index (χ3n) is 5.04. The molecule has 2 fully saturated rings. The quantitative estimate of drug-likeness (QED) is 0.746. The van der Waals surface area contributed by atoms with Gasteiger partial charge >= 0.3 is 0 Å². The van der Waals surface area contributed by atoms with Crippen molar-refractivity contribution in [1.29, 1.82) is 0 Å². The molecule has 0 aliphatic carbocycles. The second-order valence-electron chi connectivity index (χ2n) is 6.70. The first kappa shape index (κ1) is 17.8. The maximum Gasteiger partial charge on any atom is 0.263 e. The Bertz CT molecular complexity index is 614. The second-order valence-corrected chi connectivity index (χ2v) is 9.35. The maximum absolute atomic E-state index is 12.9. The molecule has 6 heteroatoms. The molecule has 4 nitrogen and oxygen atoms in total. The molecule has 0 unspecified atom stereocenters. The lowest BCUT2D eigenvalue weighted by atomic mass is 9.78. The van der Waals surface area contributed by atoms with Crippen molar-refractivity contribution in [2.75, 3.05) is 31.9 Å². The van der Waals surface area contributed by atoms with E-state index in [4.69, 9.17) is 0 Å². The summed E-state index contributed by atoms with van der Waals surface area (Å²) in [5.74, 6) is 1.39. The lowest BCUT2D eigenvalue weighted by Crippen LogP contribution is -2.50. The molecular formula is C18H26N2O2S2. The van der Waals surface area contributed by atoms with E-state index in [1.807, 2.05) is 21.9 Å². The van der Waals surface area contributed by atoms with E-state index < -0.39 is 0 Å². The van der Waals surface area contributed by atoms with Gasteiger partial charge in [-0.15, -0.1) is 23.1 Å². The van der Waals surface area contributed by atoms with Crippen LogP contribution in [0.5, 0.6) is 0 Å². The van der Waals surface area contributed by atoms with E-state index in [1.54, 1.807) is 23.1 Å². The Balaban J connectivity index is 1.69.